The zero-order valence-corrected chi connectivity index (χ0v) is 12.3. The number of urea groups is 1. The van der Waals surface area contributed by atoms with E-state index in [4.69, 9.17) is 5.73 Å². The molecule has 0 aromatic carbocycles. The fraction of sp³-hybridized carbons (Fsp3) is 0.143. The van der Waals surface area contributed by atoms with Crippen molar-refractivity contribution >= 4 is 29.0 Å². The second-order valence-corrected chi connectivity index (χ2v) is 4.61. The molecule has 3 heterocycles. The highest BCUT2D eigenvalue weighted by atomic mass is 16.2. The fourth-order valence-electron chi connectivity index (χ4n) is 1.90. The summed E-state index contributed by atoms with van der Waals surface area (Å²) in [7, 11) is 0. The maximum Gasteiger partial charge on any atom is 0.320 e. The van der Waals surface area contributed by atoms with Gasteiger partial charge in [-0.05, 0) is 19.1 Å². The maximum atomic E-state index is 11.5. The summed E-state index contributed by atoms with van der Waals surface area (Å²) >= 11 is 0. The molecule has 0 atom stereocenters. The number of nitrogen functional groups attached to an aromatic ring is 1. The molecule has 0 saturated heterocycles. The lowest BCUT2D eigenvalue weighted by atomic mass is 10.2. The number of nitrogens with zero attached hydrogens (tertiary/aromatic N) is 5. The van der Waals surface area contributed by atoms with Crippen LogP contribution in [-0.4, -0.2) is 37.5 Å². The van der Waals surface area contributed by atoms with Gasteiger partial charge in [0.25, 0.3) is 0 Å². The first kappa shape index (κ1) is 14.6. The Morgan fingerprint density at radius 2 is 1.91 bits per heavy atom. The molecule has 0 aliphatic carbocycles. The van der Waals surface area contributed by atoms with Crippen molar-refractivity contribution in [3.8, 4) is 11.3 Å². The Balaban J connectivity index is 1.94. The molecule has 0 bridgehead atoms. The molecule has 116 valence electrons. The monoisotopic (exact) mass is 310 g/mol. The molecule has 0 aliphatic rings. The molecule has 23 heavy (non-hydrogen) atoms. The highest BCUT2D eigenvalue weighted by Crippen LogP contribution is 2.18. The summed E-state index contributed by atoms with van der Waals surface area (Å²) in [6, 6.07) is 3.08. The summed E-state index contributed by atoms with van der Waals surface area (Å²) in [4.78, 5) is 32.4. The van der Waals surface area contributed by atoms with Gasteiger partial charge in [0.15, 0.2) is 5.65 Å². The molecule has 4 N–H and O–H groups in total. The highest BCUT2D eigenvalue weighted by Gasteiger charge is 2.07. The van der Waals surface area contributed by atoms with Crippen LogP contribution in [0, 0.1) is 0 Å². The predicted octanol–water partition coefficient (Wildman–Crippen LogP) is 1.21. The number of rotatable bonds is 3. The topological polar surface area (TPSA) is 132 Å². The van der Waals surface area contributed by atoms with Crippen LogP contribution in [0.1, 0.15) is 6.92 Å². The number of aromatic nitrogens is 5. The molecule has 9 nitrogen and oxygen atoms in total. The van der Waals surface area contributed by atoms with Gasteiger partial charge in [0, 0.05) is 24.5 Å². The largest absolute Gasteiger partial charge is 0.368 e. The van der Waals surface area contributed by atoms with Crippen LogP contribution >= 0.6 is 0 Å². The predicted molar refractivity (Wildman–Crippen MR) is 85.5 cm³/mol. The lowest BCUT2D eigenvalue weighted by Gasteiger charge is -2.06. The molecule has 0 fully saturated rings. The van der Waals surface area contributed by atoms with Gasteiger partial charge in [-0.1, -0.05) is 0 Å². The molecule has 0 aliphatic heterocycles. The van der Waals surface area contributed by atoms with Gasteiger partial charge in [-0.15, -0.1) is 0 Å². The number of nitrogens with two attached hydrogens (primary N) is 1. The minimum absolute atomic E-state index is 0.189. The van der Waals surface area contributed by atoms with Gasteiger partial charge in [0.1, 0.15) is 11.3 Å². The molecule has 3 aromatic rings. The number of fused-ring (bicyclic) bond motifs is 1. The zero-order valence-electron chi connectivity index (χ0n) is 12.3. The molecule has 0 radical (unpaired) electrons. The first-order chi connectivity index (χ1) is 11.2. The summed E-state index contributed by atoms with van der Waals surface area (Å²) in [5, 5.41) is 5.26. The number of nitrogens with one attached hydrogen (secondary N) is 2. The number of carbonyl (C=O) groups excluding carboxylic acids is 1. The summed E-state index contributed by atoms with van der Waals surface area (Å²) in [5.41, 5.74) is 7.75. The SMILES string of the molecule is CCNC(=O)Nc1ccc2ncc(-c3cnc(N)nc3)nc2n1. The number of anilines is 2. The summed E-state index contributed by atoms with van der Waals surface area (Å²) in [6.07, 6.45) is 4.74. The zero-order chi connectivity index (χ0) is 16.2. The average Bonchev–Trinajstić information content (AvgIpc) is 2.55. The number of pyridine rings is 1. The van der Waals surface area contributed by atoms with E-state index >= 15 is 0 Å². The minimum Gasteiger partial charge on any atom is -0.368 e. The van der Waals surface area contributed by atoms with Crippen molar-refractivity contribution in [3.63, 3.8) is 0 Å². The van der Waals surface area contributed by atoms with Crippen molar-refractivity contribution in [2.45, 2.75) is 6.92 Å². The van der Waals surface area contributed by atoms with Crippen LogP contribution in [0.15, 0.2) is 30.7 Å². The molecular formula is C14H14N8O. The van der Waals surface area contributed by atoms with Gasteiger partial charge in [-0.3, -0.25) is 10.3 Å². The number of amides is 2. The van der Waals surface area contributed by atoms with E-state index in [-0.39, 0.29) is 12.0 Å². The molecule has 3 rings (SSSR count). The Kier molecular flexibility index (Phi) is 3.91. The normalized spacial score (nSPS) is 10.5. The van der Waals surface area contributed by atoms with Crippen molar-refractivity contribution < 1.29 is 4.79 Å². The molecule has 3 aromatic heterocycles. The van der Waals surface area contributed by atoms with E-state index in [0.717, 1.165) is 0 Å². The van der Waals surface area contributed by atoms with Crippen LogP contribution in [0.3, 0.4) is 0 Å². The average molecular weight is 310 g/mol. The van der Waals surface area contributed by atoms with Crippen LogP contribution in [0.25, 0.3) is 22.4 Å². The van der Waals surface area contributed by atoms with Crippen molar-refractivity contribution in [3.05, 3.63) is 30.7 Å². The lowest BCUT2D eigenvalue weighted by molar-refractivity contribution is 0.252. The first-order valence-corrected chi connectivity index (χ1v) is 6.92. The highest BCUT2D eigenvalue weighted by molar-refractivity contribution is 5.89. The molecule has 0 unspecified atom stereocenters. The standard InChI is InChI=1S/C14H14N8O/c1-2-16-14(23)22-11-4-3-9-12(21-11)20-10(7-17-9)8-5-18-13(15)19-6-8/h3-7H,2H2,1H3,(H2,15,18,19)(H2,16,20,21,22,23). The minimum atomic E-state index is -0.324. The van der Waals surface area contributed by atoms with Crippen LogP contribution in [0.5, 0.6) is 0 Å². The number of hydrogen-bond acceptors (Lipinski definition) is 7. The van der Waals surface area contributed by atoms with Crippen molar-refractivity contribution in [2.75, 3.05) is 17.6 Å². The quantitative estimate of drug-likeness (QED) is 0.662. The Morgan fingerprint density at radius 1 is 1.13 bits per heavy atom. The number of hydrogen-bond donors (Lipinski definition) is 3. The molecule has 9 heteroatoms. The van der Waals surface area contributed by atoms with Crippen LogP contribution in [-0.2, 0) is 0 Å². The van der Waals surface area contributed by atoms with Crippen molar-refractivity contribution in [2.24, 2.45) is 0 Å². The summed E-state index contributed by atoms with van der Waals surface area (Å²) in [5.74, 6) is 0.581. The van der Waals surface area contributed by atoms with Crippen LogP contribution in [0.2, 0.25) is 0 Å². The van der Waals surface area contributed by atoms with E-state index in [0.29, 0.717) is 34.8 Å². The van der Waals surface area contributed by atoms with Gasteiger partial charge in [-0.2, -0.15) is 0 Å². The van der Waals surface area contributed by atoms with Crippen molar-refractivity contribution in [1.29, 1.82) is 0 Å². The van der Waals surface area contributed by atoms with Gasteiger partial charge in [-0.25, -0.2) is 24.7 Å². The van der Waals surface area contributed by atoms with E-state index in [9.17, 15) is 4.79 Å². The molecule has 2 amide bonds. The van der Waals surface area contributed by atoms with E-state index < -0.39 is 0 Å². The van der Waals surface area contributed by atoms with Gasteiger partial charge in [0.05, 0.1) is 11.9 Å². The first-order valence-electron chi connectivity index (χ1n) is 6.92. The van der Waals surface area contributed by atoms with E-state index in [1.165, 1.54) is 0 Å². The summed E-state index contributed by atoms with van der Waals surface area (Å²) in [6.45, 7) is 2.36. The van der Waals surface area contributed by atoms with Gasteiger partial charge >= 0.3 is 6.03 Å². The second kappa shape index (κ2) is 6.18. The Hall–Kier alpha value is -3.36. The second-order valence-electron chi connectivity index (χ2n) is 4.61. The molecular weight excluding hydrogens is 296 g/mol. The molecule has 0 saturated carbocycles. The van der Waals surface area contributed by atoms with Crippen LogP contribution < -0.4 is 16.4 Å². The van der Waals surface area contributed by atoms with E-state index in [1.807, 2.05) is 6.92 Å². The van der Waals surface area contributed by atoms with Crippen molar-refractivity contribution in [1.82, 2.24) is 30.2 Å². The van der Waals surface area contributed by atoms with E-state index in [1.54, 1.807) is 30.7 Å². The Bertz CT molecular complexity index is 849. The fourth-order valence-corrected chi connectivity index (χ4v) is 1.90. The van der Waals surface area contributed by atoms with Gasteiger partial charge < -0.3 is 11.1 Å². The maximum absolute atomic E-state index is 11.5. The van der Waals surface area contributed by atoms with E-state index in [2.05, 4.69) is 35.6 Å². The van der Waals surface area contributed by atoms with Gasteiger partial charge in [0.2, 0.25) is 5.95 Å². The third-order valence-electron chi connectivity index (χ3n) is 2.95. The third kappa shape index (κ3) is 3.28. The Morgan fingerprint density at radius 3 is 2.65 bits per heavy atom. The summed E-state index contributed by atoms with van der Waals surface area (Å²) < 4.78 is 0. The number of carbonyl (C=O) groups is 1. The Labute approximate surface area is 131 Å². The smallest absolute Gasteiger partial charge is 0.320 e. The van der Waals surface area contributed by atoms with Crippen LogP contribution in [0.4, 0.5) is 16.6 Å². The third-order valence-corrected chi connectivity index (χ3v) is 2.95. The molecule has 0 spiro atoms. The lowest BCUT2D eigenvalue weighted by Crippen LogP contribution is -2.28.